The second-order valence-electron chi connectivity index (χ2n) is 7.93. The molecule has 1 aliphatic rings. The van der Waals surface area contributed by atoms with Gasteiger partial charge < -0.3 is 15.4 Å². The van der Waals surface area contributed by atoms with Crippen LogP contribution in [-0.2, 0) is 16.0 Å². The lowest BCUT2D eigenvalue weighted by atomic mass is 9.92. The minimum Gasteiger partial charge on any atom is -0.496 e. The standard InChI is InChI=1S/C23H27N3O4/c1-15(2)17-10-6-7-11-18(17)24-20(27)14-26-21(28)23(3,25-22(26)29)13-16-9-5-8-12-19(16)30-4/h5-12,15H,13-14H2,1-4H3,(H,24,27)(H,25,29)/t23-/m1/s1. The second kappa shape index (κ2) is 8.57. The number of anilines is 1. The van der Waals surface area contributed by atoms with Gasteiger partial charge in [0.15, 0.2) is 0 Å². The third kappa shape index (κ3) is 4.30. The fourth-order valence-corrected chi connectivity index (χ4v) is 3.69. The average molecular weight is 409 g/mol. The molecule has 1 saturated heterocycles. The summed E-state index contributed by atoms with van der Waals surface area (Å²) in [6, 6.07) is 14.3. The van der Waals surface area contributed by atoms with Crippen molar-refractivity contribution in [3.05, 3.63) is 59.7 Å². The second-order valence-corrected chi connectivity index (χ2v) is 7.93. The van der Waals surface area contributed by atoms with E-state index >= 15 is 0 Å². The fraction of sp³-hybridized carbons (Fsp3) is 0.348. The molecule has 0 radical (unpaired) electrons. The van der Waals surface area contributed by atoms with Gasteiger partial charge in [-0.05, 0) is 36.1 Å². The van der Waals surface area contributed by atoms with Crippen molar-refractivity contribution in [2.75, 3.05) is 19.0 Å². The monoisotopic (exact) mass is 409 g/mol. The molecule has 1 aliphatic heterocycles. The van der Waals surface area contributed by atoms with E-state index in [0.717, 1.165) is 16.0 Å². The molecule has 0 saturated carbocycles. The van der Waals surface area contributed by atoms with E-state index in [1.807, 2.05) is 56.3 Å². The predicted octanol–water partition coefficient (Wildman–Crippen LogP) is 3.31. The summed E-state index contributed by atoms with van der Waals surface area (Å²) in [6.45, 7) is 5.38. The highest BCUT2D eigenvalue weighted by Crippen LogP contribution is 2.28. The molecule has 0 bridgehead atoms. The molecule has 1 heterocycles. The van der Waals surface area contributed by atoms with Crippen LogP contribution in [-0.4, -0.2) is 41.9 Å². The van der Waals surface area contributed by atoms with E-state index in [2.05, 4.69) is 10.6 Å². The summed E-state index contributed by atoms with van der Waals surface area (Å²) in [5.41, 5.74) is 1.32. The Morgan fingerprint density at radius 1 is 1.13 bits per heavy atom. The van der Waals surface area contributed by atoms with Gasteiger partial charge in [0, 0.05) is 12.1 Å². The molecule has 30 heavy (non-hydrogen) atoms. The van der Waals surface area contributed by atoms with Crippen LogP contribution in [0.25, 0.3) is 0 Å². The van der Waals surface area contributed by atoms with Crippen LogP contribution in [0.3, 0.4) is 0 Å². The highest BCUT2D eigenvalue weighted by Gasteiger charge is 2.48. The zero-order valence-corrected chi connectivity index (χ0v) is 17.7. The van der Waals surface area contributed by atoms with E-state index in [1.54, 1.807) is 20.1 Å². The van der Waals surface area contributed by atoms with Crippen LogP contribution in [0.2, 0.25) is 0 Å². The molecule has 7 nitrogen and oxygen atoms in total. The Morgan fingerprint density at radius 2 is 1.80 bits per heavy atom. The van der Waals surface area contributed by atoms with Crippen molar-refractivity contribution in [3.8, 4) is 5.75 Å². The molecule has 158 valence electrons. The summed E-state index contributed by atoms with van der Waals surface area (Å²) in [7, 11) is 1.56. The van der Waals surface area contributed by atoms with Crippen molar-refractivity contribution >= 4 is 23.5 Å². The van der Waals surface area contributed by atoms with E-state index in [-0.39, 0.29) is 18.9 Å². The zero-order valence-electron chi connectivity index (χ0n) is 17.7. The quantitative estimate of drug-likeness (QED) is 0.687. The van der Waals surface area contributed by atoms with Crippen molar-refractivity contribution in [1.82, 2.24) is 10.2 Å². The van der Waals surface area contributed by atoms with E-state index in [4.69, 9.17) is 4.74 Å². The molecule has 0 unspecified atom stereocenters. The number of carbonyl (C=O) groups excluding carboxylic acids is 3. The molecule has 0 aromatic heterocycles. The largest absolute Gasteiger partial charge is 0.496 e. The molecule has 3 rings (SSSR count). The third-order valence-electron chi connectivity index (χ3n) is 5.24. The van der Waals surface area contributed by atoms with Crippen LogP contribution in [0.5, 0.6) is 5.75 Å². The van der Waals surface area contributed by atoms with Crippen LogP contribution in [0, 0.1) is 0 Å². The van der Waals surface area contributed by atoms with Crippen molar-refractivity contribution in [2.45, 2.75) is 38.6 Å². The SMILES string of the molecule is COc1ccccc1C[C@@]1(C)NC(=O)N(CC(=O)Nc2ccccc2C(C)C)C1=O. The molecule has 1 fully saturated rings. The van der Waals surface area contributed by atoms with E-state index in [0.29, 0.717) is 11.4 Å². The number of rotatable bonds is 7. The van der Waals surface area contributed by atoms with Crippen molar-refractivity contribution < 1.29 is 19.1 Å². The highest BCUT2D eigenvalue weighted by molar-refractivity contribution is 6.10. The lowest BCUT2D eigenvalue weighted by Gasteiger charge is -2.23. The van der Waals surface area contributed by atoms with Gasteiger partial charge >= 0.3 is 6.03 Å². The Hall–Kier alpha value is -3.35. The zero-order chi connectivity index (χ0) is 21.9. The number of methoxy groups -OCH3 is 1. The van der Waals surface area contributed by atoms with E-state index in [9.17, 15) is 14.4 Å². The van der Waals surface area contributed by atoms with Crippen LogP contribution < -0.4 is 15.4 Å². The van der Waals surface area contributed by atoms with Gasteiger partial charge in [0.1, 0.15) is 17.8 Å². The Morgan fingerprint density at radius 3 is 2.50 bits per heavy atom. The number of urea groups is 1. The van der Waals surface area contributed by atoms with Gasteiger partial charge in [0.2, 0.25) is 5.91 Å². The molecule has 1 atom stereocenters. The lowest BCUT2D eigenvalue weighted by Crippen LogP contribution is -2.46. The summed E-state index contributed by atoms with van der Waals surface area (Å²) in [5.74, 6) is 0.00321. The topological polar surface area (TPSA) is 87.7 Å². The number of amides is 4. The number of carbonyl (C=O) groups is 3. The first-order chi connectivity index (χ1) is 14.2. The fourth-order valence-electron chi connectivity index (χ4n) is 3.69. The molecule has 2 aromatic carbocycles. The average Bonchev–Trinajstić information content (AvgIpc) is 2.91. The van der Waals surface area contributed by atoms with Gasteiger partial charge in [0.05, 0.1) is 7.11 Å². The van der Waals surface area contributed by atoms with Crippen LogP contribution in [0.15, 0.2) is 48.5 Å². The summed E-state index contributed by atoms with van der Waals surface area (Å²) < 4.78 is 5.35. The molecule has 2 N–H and O–H groups in total. The first-order valence-corrected chi connectivity index (χ1v) is 9.90. The first kappa shape index (κ1) is 21.4. The molecule has 0 spiro atoms. The van der Waals surface area contributed by atoms with Crippen LogP contribution in [0.1, 0.15) is 37.8 Å². The lowest BCUT2D eigenvalue weighted by molar-refractivity contribution is -0.133. The number of hydrogen-bond donors (Lipinski definition) is 2. The molecule has 4 amide bonds. The third-order valence-corrected chi connectivity index (χ3v) is 5.24. The Balaban J connectivity index is 1.73. The van der Waals surface area contributed by atoms with Gasteiger partial charge in [-0.25, -0.2) is 4.79 Å². The van der Waals surface area contributed by atoms with Crippen molar-refractivity contribution in [3.63, 3.8) is 0 Å². The molecule has 0 aliphatic carbocycles. The minimum atomic E-state index is -1.15. The van der Waals surface area contributed by atoms with Crippen LogP contribution in [0.4, 0.5) is 10.5 Å². The van der Waals surface area contributed by atoms with E-state index in [1.165, 1.54) is 0 Å². The van der Waals surface area contributed by atoms with Crippen molar-refractivity contribution in [1.29, 1.82) is 0 Å². The number of nitrogens with one attached hydrogen (secondary N) is 2. The van der Waals surface area contributed by atoms with Gasteiger partial charge in [-0.2, -0.15) is 0 Å². The summed E-state index contributed by atoms with van der Waals surface area (Å²) in [4.78, 5) is 39.1. The number of nitrogens with zero attached hydrogens (tertiary/aromatic N) is 1. The number of benzene rings is 2. The van der Waals surface area contributed by atoms with Gasteiger partial charge in [-0.1, -0.05) is 50.2 Å². The Kier molecular flexibility index (Phi) is 6.10. The Labute approximate surface area is 176 Å². The predicted molar refractivity (Wildman–Crippen MR) is 115 cm³/mol. The normalized spacial score (nSPS) is 18.5. The molecule has 7 heteroatoms. The summed E-state index contributed by atoms with van der Waals surface area (Å²) >= 11 is 0. The molecular formula is C23H27N3O4. The number of para-hydroxylation sites is 2. The summed E-state index contributed by atoms with van der Waals surface area (Å²) in [5, 5.41) is 5.55. The summed E-state index contributed by atoms with van der Waals surface area (Å²) in [6.07, 6.45) is 0.260. The highest BCUT2D eigenvalue weighted by atomic mass is 16.5. The van der Waals surface area contributed by atoms with Crippen molar-refractivity contribution in [2.24, 2.45) is 0 Å². The number of ether oxygens (including phenoxy) is 1. The maximum Gasteiger partial charge on any atom is 0.325 e. The first-order valence-electron chi connectivity index (χ1n) is 9.90. The maximum atomic E-state index is 13.0. The molecular weight excluding hydrogens is 382 g/mol. The Bertz CT molecular complexity index is 972. The van der Waals surface area contributed by atoms with Gasteiger partial charge in [0.25, 0.3) is 5.91 Å². The number of hydrogen-bond acceptors (Lipinski definition) is 4. The minimum absolute atomic E-state index is 0.224. The molecule has 2 aromatic rings. The van der Waals surface area contributed by atoms with Gasteiger partial charge in [-0.3, -0.25) is 14.5 Å². The van der Waals surface area contributed by atoms with Crippen LogP contribution >= 0.6 is 0 Å². The van der Waals surface area contributed by atoms with E-state index < -0.39 is 23.4 Å². The maximum absolute atomic E-state index is 13.0. The number of imide groups is 1. The smallest absolute Gasteiger partial charge is 0.325 e. The van der Waals surface area contributed by atoms with Gasteiger partial charge in [-0.15, -0.1) is 0 Å².